The third-order valence-electron chi connectivity index (χ3n) is 4.18. The van der Waals surface area contributed by atoms with Gasteiger partial charge in [-0.2, -0.15) is 0 Å². The average molecular weight is 326 g/mol. The molecule has 4 nitrogen and oxygen atoms in total. The van der Waals surface area contributed by atoms with Gasteiger partial charge in [0.1, 0.15) is 0 Å². The third kappa shape index (κ3) is 2.65. The molecule has 0 unspecified atom stereocenters. The zero-order valence-corrected chi connectivity index (χ0v) is 12.4. The highest BCUT2D eigenvalue weighted by Crippen LogP contribution is 2.48. The lowest BCUT2D eigenvalue weighted by Gasteiger charge is -2.23. The normalized spacial score (nSPS) is 29.6. The molecule has 1 aromatic carbocycles. The molecule has 0 aliphatic heterocycles. The molecule has 1 saturated carbocycles. The van der Waals surface area contributed by atoms with Crippen LogP contribution >= 0.6 is 23.2 Å². The first kappa shape index (κ1) is 14.4. The number of aliphatic carboxylic acids is 1. The second kappa shape index (κ2) is 5.35. The number of nitrogens with one attached hydrogen (secondary N) is 1. The zero-order chi connectivity index (χ0) is 15.1. The number of carboxylic acid groups (broad SMARTS) is 1. The van der Waals surface area contributed by atoms with Gasteiger partial charge in [-0.1, -0.05) is 35.4 Å². The second-order valence-electron chi connectivity index (χ2n) is 5.49. The molecule has 0 radical (unpaired) electrons. The minimum atomic E-state index is -0.920. The molecule has 110 valence electrons. The van der Waals surface area contributed by atoms with Gasteiger partial charge in [-0.25, -0.2) is 0 Å². The van der Waals surface area contributed by atoms with E-state index in [0.717, 1.165) is 6.42 Å². The number of rotatable bonds is 3. The van der Waals surface area contributed by atoms with Gasteiger partial charge >= 0.3 is 5.97 Å². The maximum atomic E-state index is 12.4. The molecule has 3 rings (SSSR count). The van der Waals surface area contributed by atoms with Crippen molar-refractivity contribution in [2.75, 3.05) is 5.32 Å². The molecule has 2 N–H and O–H groups in total. The van der Waals surface area contributed by atoms with Crippen LogP contribution < -0.4 is 5.32 Å². The van der Waals surface area contributed by atoms with E-state index in [-0.39, 0.29) is 17.7 Å². The van der Waals surface area contributed by atoms with Crippen LogP contribution in [-0.4, -0.2) is 17.0 Å². The molecule has 1 aromatic rings. The smallest absolute Gasteiger partial charge is 0.307 e. The highest BCUT2D eigenvalue weighted by atomic mass is 35.5. The minimum Gasteiger partial charge on any atom is -0.481 e. The van der Waals surface area contributed by atoms with Gasteiger partial charge in [-0.05, 0) is 36.5 Å². The standard InChI is InChI=1S/C15H13Cl2NO3/c16-9-4-10(17)6-11(5-9)18-14(19)12-7-1-2-8(3-7)13(12)15(20)21/h1-2,4-8,12-13H,3H2,(H,18,19)(H,20,21)/t7-,8+,12-,13+/m1/s1. The maximum Gasteiger partial charge on any atom is 0.307 e. The van der Waals surface area contributed by atoms with E-state index in [1.165, 1.54) is 0 Å². The van der Waals surface area contributed by atoms with Crippen LogP contribution in [0.2, 0.25) is 10.0 Å². The van der Waals surface area contributed by atoms with E-state index in [2.05, 4.69) is 5.32 Å². The molecule has 2 bridgehead atoms. The van der Waals surface area contributed by atoms with Gasteiger partial charge in [0.15, 0.2) is 0 Å². The van der Waals surface area contributed by atoms with Crippen molar-refractivity contribution in [1.29, 1.82) is 0 Å². The molecule has 21 heavy (non-hydrogen) atoms. The Hall–Kier alpha value is -1.52. The number of hydrogen-bond acceptors (Lipinski definition) is 2. The topological polar surface area (TPSA) is 66.4 Å². The number of hydrogen-bond donors (Lipinski definition) is 2. The van der Waals surface area contributed by atoms with Crippen LogP contribution in [-0.2, 0) is 9.59 Å². The van der Waals surface area contributed by atoms with E-state index >= 15 is 0 Å². The summed E-state index contributed by atoms with van der Waals surface area (Å²) in [5.74, 6) is -2.48. The van der Waals surface area contributed by atoms with Gasteiger partial charge in [0.2, 0.25) is 5.91 Å². The van der Waals surface area contributed by atoms with Gasteiger partial charge in [0, 0.05) is 15.7 Å². The van der Waals surface area contributed by atoms with Gasteiger partial charge in [-0.15, -0.1) is 0 Å². The SMILES string of the molecule is O=C(O)[C@@H]1[C@H](C(=O)Nc2cc(Cl)cc(Cl)c2)[C@@H]2C=C[C@H]1C2. The minimum absolute atomic E-state index is 0.00856. The van der Waals surface area contributed by atoms with E-state index < -0.39 is 17.8 Å². The Bertz CT molecular complexity index is 624. The molecule has 2 aliphatic carbocycles. The van der Waals surface area contributed by atoms with Crippen molar-refractivity contribution < 1.29 is 14.7 Å². The number of carbonyl (C=O) groups is 2. The maximum absolute atomic E-state index is 12.4. The van der Waals surface area contributed by atoms with E-state index in [9.17, 15) is 14.7 Å². The van der Waals surface area contributed by atoms with Gasteiger partial charge in [-0.3, -0.25) is 9.59 Å². The summed E-state index contributed by atoms with van der Waals surface area (Å²) >= 11 is 11.8. The number of amides is 1. The van der Waals surface area contributed by atoms with Crippen LogP contribution in [0.4, 0.5) is 5.69 Å². The van der Waals surface area contributed by atoms with Crippen LogP contribution in [0.1, 0.15) is 6.42 Å². The van der Waals surface area contributed by atoms with Crippen molar-refractivity contribution in [3.05, 3.63) is 40.4 Å². The van der Waals surface area contributed by atoms with E-state index in [0.29, 0.717) is 15.7 Å². The fraction of sp³-hybridized carbons (Fsp3) is 0.333. The number of carbonyl (C=O) groups excluding carboxylic acids is 1. The summed E-state index contributed by atoms with van der Waals surface area (Å²) in [5.41, 5.74) is 0.480. The van der Waals surface area contributed by atoms with Crippen LogP contribution in [0.5, 0.6) is 0 Å². The first-order chi connectivity index (χ1) is 9.95. The van der Waals surface area contributed by atoms with E-state index in [1.54, 1.807) is 18.2 Å². The summed E-state index contributed by atoms with van der Waals surface area (Å²) in [5, 5.41) is 12.9. The predicted octanol–water partition coefficient (Wildman–Crippen LogP) is 3.45. The summed E-state index contributed by atoms with van der Waals surface area (Å²) in [4.78, 5) is 23.9. The Labute approximate surface area is 131 Å². The molecule has 1 fully saturated rings. The van der Waals surface area contributed by atoms with Crippen molar-refractivity contribution in [2.45, 2.75) is 6.42 Å². The zero-order valence-electron chi connectivity index (χ0n) is 10.9. The van der Waals surface area contributed by atoms with Gasteiger partial charge < -0.3 is 10.4 Å². The fourth-order valence-corrected chi connectivity index (χ4v) is 3.89. The average Bonchev–Trinajstić information content (AvgIpc) is 2.96. The van der Waals surface area contributed by atoms with E-state index in [4.69, 9.17) is 23.2 Å². The van der Waals surface area contributed by atoms with Gasteiger partial charge in [0.05, 0.1) is 11.8 Å². The highest BCUT2D eigenvalue weighted by molar-refractivity contribution is 6.35. The molecule has 6 heteroatoms. The molecule has 0 aromatic heterocycles. The Morgan fingerprint density at radius 1 is 1.05 bits per heavy atom. The summed E-state index contributed by atoms with van der Waals surface area (Å²) < 4.78 is 0. The van der Waals surface area contributed by atoms with Crippen LogP contribution in [0.3, 0.4) is 0 Å². The summed E-state index contributed by atoms with van der Waals surface area (Å²) in [6.07, 6.45) is 4.58. The molecule has 0 spiro atoms. The Kier molecular flexibility index (Phi) is 3.68. The number of anilines is 1. The largest absolute Gasteiger partial charge is 0.481 e. The molecular formula is C15H13Cl2NO3. The van der Waals surface area contributed by atoms with E-state index in [1.807, 2.05) is 12.2 Å². The van der Waals surface area contributed by atoms with Crippen molar-refractivity contribution in [3.63, 3.8) is 0 Å². The van der Waals surface area contributed by atoms with Crippen molar-refractivity contribution in [1.82, 2.24) is 0 Å². The lowest BCUT2D eigenvalue weighted by Crippen LogP contribution is -2.36. The number of halogens is 2. The quantitative estimate of drug-likeness (QED) is 0.836. The number of benzene rings is 1. The number of carboxylic acids is 1. The highest BCUT2D eigenvalue weighted by Gasteiger charge is 2.51. The lowest BCUT2D eigenvalue weighted by molar-refractivity contribution is -0.146. The van der Waals surface area contributed by atoms with Crippen molar-refractivity contribution in [2.24, 2.45) is 23.7 Å². The van der Waals surface area contributed by atoms with Crippen molar-refractivity contribution >= 4 is 40.8 Å². The Morgan fingerprint density at radius 2 is 1.62 bits per heavy atom. The third-order valence-corrected chi connectivity index (χ3v) is 4.61. The Balaban J connectivity index is 1.82. The fourth-order valence-electron chi connectivity index (χ4n) is 3.37. The molecule has 1 amide bonds. The summed E-state index contributed by atoms with van der Waals surface area (Å²) in [6.45, 7) is 0. The van der Waals surface area contributed by atoms with Crippen LogP contribution in [0.25, 0.3) is 0 Å². The summed E-state index contributed by atoms with van der Waals surface area (Å²) in [7, 11) is 0. The number of fused-ring (bicyclic) bond motifs is 2. The molecule has 4 atom stereocenters. The molecular weight excluding hydrogens is 313 g/mol. The molecule has 0 saturated heterocycles. The predicted molar refractivity (Wildman–Crippen MR) is 80.4 cm³/mol. The second-order valence-corrected chi connectivity index (χ2v) is 6.36. The first-order valence-corrected chi connectivity index (χ1v) is 7.39. The molecule has 2 aliphatic rings. The van der Waals surface area contributed by atoms with Crippen molar-refractivity contribution in [3.8, 4) is 0 Å². The summed E-state index contributed by atoms with van der Waals surface area (Å²) in [6, 6.07) is 4.74. The van der Waals surface area contributed by atoms with Gasteiger partial charge in [0.25, 0.3) is 0 Å². The van der Waals surface area contributed by atoms with Crippen LogP contribution in [0, 0.1) is 23.7 Å². The monoisotopic (exact) mass is 325 g/mol. The van der Waals surface area contributed by atoms with Crippen LogP contribution in [0.15, 0.2) is 30.4 Å². The Morgan fingerprint density at radius 3 is 2.19 bits per heavy atom. The first-order valence-electron chi connectivity index (χ1n) is 6.64. The number of allylic oxidation sites excluding steroid dienone is 2. The molecule has 0 heterocycles. The lowest BCUT2D eigenvalue weighted by atomic mass is 9.82.